The molecule has 1 heterocycles. The van der Waals surface area contributed by atoms with Crippen molar-refractivity contribution in [2.24, 2.45) is 0 Å². The third-order valence-electron chi connectivity index (χ3n) is 2.40. The van der Waals surface area contributed by atoms with E-state index in [2.05, 4.69) is 20.6 Å². The van der Waals surface area contributed by atoms with E-state index in [1.165, 1.54) is 0 Å². The van der Waals surface area contributed by atoms with E-state index in [1.807, 2.05) is 27.7 Å². The zero-order valence-corrected chi connectivity index (χ0v) is 12.1. The topological polar surface area (TPSA) is 79.0 Å². The highest BCUT2D eigenvalue weighted by molar-refractivity contribution is 5.67. The molecule has 108 valence electrons. The van der Waals surface area contributed by atoms with Crippen molar-refractivity contribution in [1.82, 2.24) is 20.6 Å². The maximum atomic E-state index is 11.4. The Labute approximate surface area is 114 Å². The summed E-state index contributed by atoms with van der Waals surface area (Å²) in [5.74, 6) is 0.917. The summed E-state index contributed by atoms with van der Waals surface area (Å²) < 4.78 is 5.14. The molecule has 0 saturated carbocycles. The van der Waals surface area contributed by atoms with Gasteiger partial charge in [-0.05, 0) is 40.7 Å². The van der Waals surface area contributed by atoms with Gasteiger partial charge in [0.1, 0.15) is 11.4 Å². The molecule has 0 saturated heterocycles. The van der Waals surface area contributed by atoms with Gasteiger partial charge < -0.3 is 20.4 Å². The highest BCUT2D eigenvalue weighted by Gasteiger charge is 2.15. The molecular formula is C13H24N4O2. The molecule has 1 aromatic rings. The first kappa shape index (κ1) is 15.5. The minimum Gasteiger partial charge on any atom is -0.444 e. The molecule has 19 heavy (non-hydrogen) atoms. The van der Waals surface area contributed by atoms with Crippen LogP contribution in [0.5, 0.6) is 0 Å². The Morgan fingerprint density at radius 3 is 2.79 bits per heavy atom. The van der Waals surface area contributed by atoms with E-state index in [-0.39, 0.29) is 12.1 Å². The molecule has 1 amide bonds. The summed E-state index contributed by atoms with van der Waals surface area (Å²) in [7, 11) is 0. The summed E-state index contributed by atoms with van der Waals surface area (Å²) >= 11 is 0. The lowest BCUT2D eigenvalue weighted by atomic mass is 10.2. The number of ether oxygens (including phenoxy) is 1. The third-order valence-corrected chi connectivity index (χ3v) is 2.40. The fourth-order valence-electron chi connectivity index (χ4n) is 1.52. The maximum Gasteiger partial charge on any atom is 0.407 e. The monoisotopic (exact) mass is 268 g/mol. The standard InChI is InChI=1S/C13H24N4O2/c1-10(11-15-8-9-16-11)14-6-5-7-17-12(18)19-13(2,3)4/h8-10,14H,5-7H2,1-4H3,(H,15,16)(H,17,18). The van der Waals surface area contributed by atoms with E-state index >= 15 is 0 Å². The number of carbonyl (C=O) groups excluding carboxylic acids is 1. The molecule has 1 aromatic heterocycles. The molecule has 1 atom stereocenters. The summed E-state index contributed by atoms with van der Waals surface area (Å²) in [4.78, 5) is 18.6. The van der Waals surface area contributed by atoms with Crippen LogP contribution >= 0.6 is 0 Å². The van der Waals surface area contributed by atoms with Gasteiger partial charge in [-0.25, -0.2) is 9.78 Å². The number of rotatable bonds is 6. The van der Waals surface area contributed by atoms with Gasteiger partial charge in [-0.1, -0.05) is 0 Å². The van der Waals surface area contributed by atoms with Gasteiger partial charge in [0.15, 0.2) is 0 Å². The van der Waals surface area contributed by atoms with Gasteiger partial charge >= 0.3 is 6.09 Å². The van der Waals surface area contributed by atoms with Crippen LogP contribution in [0.2, 0.25) is 0 Å². The molecule has 3 N–H and O–H groups in total. The Kier molecular flexibility index (Phi) is 5.82. The summed E-state index contributed by atoms with van der Waals surface area (Å²) in [6.07, 6.45) is 4.01. The van der Waals surface area contributed by atoms with E-state index in [1.54, 1.807) is 12.4 Å². The number of nitrogens with one attached hydrogen (secondary N) is 3. The first-order valence-corrected chi connectivity index (χ1v) is 6.58. The fraction of sp³-hybridized carbons (Fsp3) is 0.692. The largest absolute Gasteiger partial charge is 0.444 e. The van der Waals surface area contributed by atoms with E-state index in [0.29, 0.717) is 6.54 Å². The summed E-state index contributed by atoms with van der Waals surface area (Å²) in [6.45, 7) is 8.97. The first-order chi connectivity index (χ1) is 8.88. The Bertz CT molecular complexity index is 370. The number of aromatic amines is 1. The molecular weight excluding hydrogens is 244 g/mol. The summed E-state index contributed by atoms with van der Waals surface area (Å²) in [5.41, 5.74) is -0.448. The van der Waals surface area contributed by atoms with Gasteiger partial charge in [0.2, 0.25) is 0 Å². The van der Waals surface area contributed by atoms with Crippen LogP contribution < -0.4 is 10.6 Å². The molecule has 0 aliphatic rings. The number of hydrogen-bond acceptors (Lipinski definition) is 4. The fourth-order valence-corrected chi connectivity index (χ4v) is 1.52. The Morgan fingerprint density at radius 2 is 2.21 bits per heavy atom. The number of hydrogen-bond donors (Lipinski definition) is 3. The van der Waals surface area contributed by atoms with Gasteiger partial charge in [0, 0.05) is 18.9 Å². The Balaban J connectivity index is 2.07. The van der Waals surface area contributed by atoms with Crippen LogP contribution in [-0.4, -0.2) is 34.8 Å². The minimum absolute atomic E-state index is 0.177. The molecule has 0 aliphatic carbocycles. The van der Waals surface area contributed by atoms with Crippen molar-refractivity contribution in [2.45, 2.75) is 45.8 Å². The Hall–Kier alpha value is -1.56. The number of amides is 1. The van der Waals surface area contributed by atoms with Gasteiger partial charge in [-0.15, -0.1) is 0 Å². The lowest BCUT2D eigenvalue weighted by Gasteiger charge is -2.19. The molecule has 1 rings (SSSR count). The van der Waals surface area contributed by atoms with E-state index in [0.717, 1.165) is 18.8 Å². The summed E-state index contributed by atoms with van der Waals surface area (Å²) in [5, 5.41) is 6.04. The SMILES string of the molecule is CC(NCCCNC(=O)OC(C)(C)C)c1ncc[nH]1. The van der Waals surface area contributed by atoms with Crippen molar-refractivity contribution in [3.8, 4) is 0 Å². The van der Waals surface area contributed by atoms with Crippen LogP contribution in [0.3, 0.4) is 0 Å². The normalized spacial score (nSPS) is 13.1. The predicted octanol–water partition coefficient (Wildman–Crippen LogP) is 1.98. The number of carbonyl (C=O) groups is 1. The smallest absolute Gasteiger partial charge is 0.407 e. The van der Waals surface area contributed by atoms with Gasteiger partial charge in [-0.3, -0.25) is 0 Å². The third kappa shape index (κ3) is 6.81. The number of H-pyrrole nitrogens is 1. The number of imidazole rings is 1. The van der Waals surface area contributed by atoms with Crippen LogP contribution in [0.25, 0.3) is 0 Å². The average molecular weight is 268 g/mol. The predicted molar refractivity (Wildman–Crippen MR) is 73.9 cm³/mol. The molecule has 6 nitrogen and oxygen atoms in total. The molecule has 0 bridgehead atoms. The van der Waals surface area contributed by atoms with Crippen molar-refractivity contribution in [1.29, 1.82) is 0 Å². The molecule has 0 aliphatic heterocycles. The number of alkyl carbamates (subject to hydrolysis) is 1. The van der Waals surface area contributed by atoms with Crippen molar-refractivity contribution in [3.05, 3.63) is 18.2 Å². The molecule has 0 aromatic carbocycles. The number of aromatic nitrogens is 2. The lowest BCUT2D eigenvalue weighted by Crippen LogP contribution is -2.34. The zero-order chi connectivity index (χ0) is 14.3. The molecule has 1 unspecified atom stereocenters. The van der Waals surface area contributed by atoms with Crippen molar-refractivity contribution in [3.63, 3.8) is 0 Å². The quantitative estimate of drug-likeness (QED) is 0.689. The van der Waals surface area contributed by atoms with Crippen LogP contribution in [0, 0.1) is 0 Å². The van der Waals surface area contributed by atoms with E-state index in [4.69, 9.17) is 4.74 Å². The second-order valence-electron chi connectivity index (χ2n) is 5.43. The second-order valence-corrected chi connectivity index (χ2v) is 5.43. The number of nitrogens with zero attached hydrogens (tertiary/aromatic N) is 1. The maximum absolute atomic E-state index is 11.4. The van der Waals surface area contributed by atoms with Gasteiger partial charge in [-0.2, -0.15) is 0 Å². The summed E-state index contributed by atoms with van der Waals surface area (Å²) in [6, 6.07) is 0.177. The van der Waals surface area contributed by atoms with Gasteiger partial charge in [0.25, 0.3) is 0 Å². The molecule has 6 heteroatoms. The van der Waals surface area contributed by atoms with Crippen molar-refractivity contribution < 1.29 is 9.53 Å². The minimum atomic E-state index is -0.448. The van der Waals surface area contributed by atoms with E-state index < -0.39 is 5.60 Å². The van der Waals surface area contributed by atoms with E-state index in [9.17, 15) is 4.79 Å². The molecule has 0 fully saturated rings. The van der Waals surface area contributed by atoms with Crippen LogP contribution in [0.1, 0.15) is 46.0 Å². The van der Waals surface area contributed by atoms with Crippen LogP contribution in [-0.2, 0) is 4.74 Å². The van der Waals surface area contributed by atoms with Crippen LogP contribution in [0.4, 0.5) is 4.79 Å². The highest BCUT2D eigenvalue weighted by atomic mass is 16.6. The van der Waals surface area contributed by atoms with Crippen LogP contribution in [0.15, 0.2) is 12.4 Å². The first-order valence-electron chi connectivity index (χ1n) is 6.58. The van der Waals surface area contributed by atoms with Crippen molar-refractivity contribution >= 4 is 6.09 Å². The average Bonchev–Trinajstić information content (AvgIpc) is 2.79. The molecule has 0 radical (unpaired) electrons. The zero-order valence-electron chi connectivity index (χ0n) is 12.1. The lowest BCUT2D eigenvalue weighted by molar-refractivity contribution is 0.0527. The van der Waals surface area contributed by atoms with Gasteiger partial charge in [0.05, 0.1) is 6.04 Å². The molecule has 0 spiro atoms. The van der Waals surface area contributed by atoms with Crippen molar-refractivity contribution in [2.75, 3.05) is 13.1 Å². The Morgan fingerprint density at radius 1 is 1.47 bits per heavy atom. The highest BCUT2D eigenvalue weighted by Crippen LogP contribution is 2.06. The second kappa shape index (κ2) is 7.13.